The average molecular weight is 273 g/mol. The summed E-state index contributed by atoms with van der Waals surface area (Å²) in [6, 6.07) is 11.4. The molecule has 2 saturated heterocycles. The Kier molecular flexibility index (Phi) is 3.76. The van der Waals surface area contributed by atoms with Crippen molar-refractivity contribution in [2.45, 2.75) is 18.4 Å². The predicted molar refractivity (Wildman–Crippen MR) is 79.3 cm³/mol. The molecular weight excluding hydrogens is 250 g/mol. The third-order valence-corrected chi connectivity index (χ3v) is 4.88. The lowest BCUT2D eigenvalue weighted by Crippen LogP contribution is -2.48. The largest absolute Gasteiger partial charge is 0.369 e. The van der Waals surface area contributed by atoms with Crippen LogP contribution in [0.25, 0.3) is 0 Å². The molecule has 1 aromatic rings. The van der Waals surface area contributed by atoms with Crippen LogP contribution in [-0.2, 0) is 4.79 Å². The molecule has 3 atom stereocenters. The standard InChI is InChI=1S/C16H23N3O/c1-18-9-13(12-5-3-2-4-6-12)14-10-19(11-16(17)20)8-7-15(14)18/h2-6,13-15H,7-11H2,1H3,(H2,17,20)/t13-,14-,15-/m1/s1. The summed E-state index contributed by atoms with van der Waals surface area (Å²) in [6.45, 7) is 3.48. The van der Waals surface area contributed by atoms with E-state index in [4.69, 9.17) is 5.73 Å². The Balaban J connectivity index is 1.78. The summed E-state index contributed by atoms with van der Waals surface area (Å²) in [6.07, 6.45) is 1.14. The molecule has 4 heteroatoms. The van der Waals surface area contributed by atoms with Crippen LogP contribution in [0.1, 0.15) is 17.9 Å². The third-order valence-electron chi connectivity index (χ3n) is 4.88. The van der Waals surface area contributed by atoms with Crippen LogP contribution >= 0.6 is 0 Å². The number of primary amides is 1. The van der Waals surface area contributed by atoms with Gasteiger partial charge in [0.05, 0.1) is 6.54 Å². The number of hydrogen-bond acceptors (Lipinski definition) is 3. The van der Waals surface area contributed by atoms with Crippen molar-refractivity contribution < 1.29 is 4.79 Å². The number of likely N-dealkylation sites (N-methyl/N-ethyl adjacent to an activating group) is 1. The van der Waals surface area contributed by atoms with Crippen LogP contribution in [0.5, 0.6) is 0 Å². The lowest BCUT2D eigenvalue weighted by Gasteiger charge is -2.37. The highest BCUT2D eigenvalue weighted by molar-refractivity contribution is 5.75. The molecule has 3 rings (SSSR count). The summed E-state index contributed by atoms with van der Waals surface area (Å²) < 4.78 is 0. The van der Waals surface area contributed by atoms with E-state index in [-0.39, 0.29) is 5.91 Å². The maximum atomic E-state index is 11.1. The fourth-order valence-corrected chi connectivity index (χ4v) is 3.98. The molecule has 2 heterocycles. The molecule has 1 amide bonds. The third kappa shape index (κ3) is 2.58. The molecule has 2 aliphatic rings. The summed E-state index contributed by atoms with van der Waals surface area (Å²) in [5.41, 5.74) is 6.77. The van der Waals surface area contributed by atoms with E-state index in [1.807, 2.05) is 0 Å². The minimum absolute atomic E-state index is 0.217. The van der Waals surface area contributed by atoms with Gasteiger partial charge in [0.15, 0.2) is 0 Å². The SMILES string of the molecule is CN1C[C@H](c2ccccc2)[C@H]2CN(CC(N)=O)CC[C@H]21. The van der Waals surface area contributed by atoms with E-state index in [1.54, 1.807) is 0 Å². The number of likely N-dealkylation sites (tertiary alicyclic amines) is 2. The number of hydrogen-bond donors (Lipinski definition) is 1. The predicted octanol–water partition coefficient (Wildman–Crippen LogP) is 0.891. The van der Waals surface area contributed by atoms with Crippen molar-refractivity contribution in [3.05, 3.63) is 35.9 Å². The van der Waals surface area contributed by atoms with Gasteiger partial charge in [-0.25, -0.2) is 0 Å². The second kappa shape index (κ2) is 5.54. The maximum absolute atomic E-state index is 11.1. The first-order chi connectivity index (χ1) is 9.65. The summed E-state index contributed by atoms with van der Waals surface area (Å²) >= 11 is 0. The Labute approximate surface area is 120 Å². The summed E-state index contributed by atoms with van der Waals surface area (Å²) in [4.78, 5) is 15.9. The van der Waals surface area contributed by atoms with Gasteiger partial charge in [-0.1, -0.05) is 30.3 Å². The quantitative estimate of drug-likeness (QED) is 0.890. The van der Waals surface area contributed by atoms with Gasteiger partial charge in [-0.3, -0.25) is 9.69 Å². The number of carbonyl (C=O) groups is 1. The van der Waals surface area contributed by atoms with E-state index in [1.165, 1.54) is 5.56 Å². The normalized spacial score (nSPS) is 31.1. The van der Waals surface area contributed by atoms with E-state index < -0.39 is 0 Å². The van der Waals surface area contributed by atoms with E-state index in [0.29, 0.717) is 24.4 Å². The zero-order valence-corrected chi connectivity index (χ0v) is 12.0. The van der Waals surface area contributed by atoms with Crippen LogP contribution in [0.3, 0.4) is 0 Å². The molecule has 4 nitrogen and oxygen atoms in total. The first-order valence-corrected chi connectivity index (χ1v) is 7.41. The number of amides is 1. The number of rotatable bonds is 3. The number of fused-ring (bicyclic) bond motifs is 1. The first-order valence-electron chi connectivity index (χ1n) is 7.41. The Morgan fingerprint density at radius 3 is 2.75 bits per heavy atom. The van der Waals surface area contributed by atoms with Gasteiger partial charge in [0.1, 0.15) is 0 Å². The van der Waals surface area contributed by atoms with Crippen LogP contribution in [-0.4, -0.2) is 55.0 Å². The van der Waals surface area contributed by atoms with Crippen molar-refractivity contribution in [1.29, 1.82) is 0 Å². The lowest BCUT2D eigenvalue weighted by molar-refractivity contribution is -0.119. The van der Waals surface area contributed by atoms with E-state index in [0.717, 1.165) is 26.1 Å². The molecule has 2 fully saturated rings. The van der Waals surface area contributed by atoms with Gasteiger partial charge < -0.3 is 10.6 Å². The second-order valence-corrected chi connectivity index (χ2v) is 6.18. The van der Waals surface area contributed by atoms with Crippen molar-refractivity contribution in [1.82, 2.24) is 9.80 Å². The van der Waals surface area contributed by atoms with Crippen molar-refractivity contribution in [2.24, 2.45) is 11.7 Å². The molecule has 0 aliphatic carbocycles. The molecule has 0 radical (unpaired) electrons. The Bertz CT molecular complexity index is 476. The van der Waals surface area contributed by atoms with Crippen LogP contribution in [0, 0.1) is 5.92 Å². The van der Waals surface area contributed by atoms with Gasteiger partial charge in [-0.05, 0) is 24.9 Å². The summed E-state index contributed by atoms with van der Waals surface area (Å²) in [5.74, 6) is 0.962. The maximum Gasteiger partial charge on any atom is 0.231 e. The molecule has 2 aliphatic heterocycles. The molecule has 2 N–H and O–H groups in total. The fourth-order valence-electron chi connectivity index (χ4n) is 3.98. The van der Waals surface area contributed by atoms with Crippen molar-refractivity contribution in [3.8, 4) is 0 Å². The van der Waals surface area contributed by atoms with Gasteiger partial charge >= 0.3 is 0 Å². The fraction of sp³-hybridized carbons (Fsp3) is 0.562. The smallest absolute Gasteiger partial charge is 0.231 e. The van der Waals surface area contributed by atoms with Crippen molar-refractivity contribution >= 4 is 5.91 Å². The van der Waals surface area contributed by atoms with E-state index >= 15 is 0 Å². The van der Waals surface area contributed by atoms with Crippen LogP contribution in [0.2, 0.25) is 0 Å². The molecule has 108 valence electrons. The van der Waals surface area contributed by atoms with Crippen LogP contribution in [0.15, 0.2) is 30.3 Å². The minimum Gasteiger partial charge on any atom is -0.369 e. The minimum atomic E-state index is -0.217. The topological polar surface area (TPSA) is 49.6 Å². The number of nitrogens with two attached hydrogens (primary N) is 1. The highest BCUT2D eigenvalue weighted by Crippen LogP contribution is 2.40. The average Bonchev–Trinajstić information content (AvgIpc) is 2.76. The molecule has 0 aromatic heterocycles. The Morgan fingerprint density at radius 1 is 1.30 bits per heavy atom. The van der Waals surface area contributed by atoms with Crippen LogP contribution in [0.4, 0.5) is 0 Å². The Hall–Kier alpha value is -1.39. The first kappa shape index (κ1) is 13.6. The molecular formula is C16H23N3O. The zero-order chi connectivity index (χ0) is 14.1. The summed E-state index contributed by atoms with van der Waals surface area (Å²) in [7, 11) is 2.23. The number of nitrogens with zero attached hydrogens (tertiary/aromatic N) is 2. The highest BCUT2D eigenvalue weighted by atomic mass is 16.1. The van der Waals surface area contributed by atoms with Crippen molar-refractivity contribution in [3.63, 3.8) is 0 Å². The number of piperidine rings is 1. The molecule has 20 heavy (non-hydrogen) atoms. The molecule has 0 saturated carbocycles. The summed E-state index contributed by atoms with van der Waals surface area (Å²) in [5, 5.41) is 0. The van der Waals surface area contributed by atoms with Gasteiger partial charge in [0, 0.05) is 31.6 Å². The van der Waals surface area contributed by atoms with Gasteiger partial charge in [-0.2, -0.15) is 0 Å². The molecule has 0 unspecified atom stereocenters. The van der Waals surface area contributed by atoms with E-state index in [9.17, 15) is 4.79 Å². The molecule has 1 aromatic carbocycles. The molecule has 0 bridgehead atoms. The second-order valence-electron chi connectivity index (χ2n) is 6.18. The zero-order valence-electron chi connectivity index (χ0n) is 12.0. The van der Waals surface area contributed by atoms with Gasteiger partial charge in [0.2, 0.25) is 5.91 Å². The number of carbonyl (C=O) groups excluding carboxylic acids is 1. The number of benzene rings is 1. The highest BCUT2D eigenvalue weighted by Gasteiger charge is 2.43. The van der Waals surface area contributed by atoms with Crippen molar-refractivity contribution in [2.75, 3.05) is 33.2 Å². The molecule has 0 spiro atoms. The Morgan fingerprint density at radius 2 is 2.05 bits per heavy atom. The lowest BCUT2D eigenvalue weighted by atomic mass is 9.82. The van der Waals surface area contributed by atoms with Gasteiger partial charge in [0.25, 0.3) is 0 Å². The van der Waals surface area contributed by atoms with Crippen LogP contribution < -0.4 is 5.73 Å². The van der Waals surface area contributed by atoms with E-state index in [2.05, 4.69) is 47.2 Å². The monoisotopic (exact) mass is 273 g/mol. The van der Waals surface area contributed by atoms with Gasteiger partial charge in [-0.15, -0.1) is 0 Å².